The minimum Gasteiger partial charge on any atom is -0.344 e. The lowest BCUT2D eigenvalue weighted by Gasteiger charge is -2.11. The zero-order valence-corrected chi connectivity index (χ0v) is 4.36. The van der Waals surface area contributed by atoms with Crippen molar-refractivity contribution >= 4 is 0 Å². The van der Waals surface area contributed by atoms with Crippen molar-refractivity contribution in [3.05, 3.63) is 0 Å². The highest BCUT2D eigenvalue weighted by atomic mass is 19.1. The number of piperidine rings is 1. The lowest BCUT2D eigenvalue weighted by atomic mass is 10.1. The number of halogens is 1. The van der Waals surface area contributed by atoms with Crippen LogP contribution in [-0.4, -0.2) is 19.3 Å². The third-order valence-corrected chi connectivity index (χ3v) is 1.35. The summed E-state index contributed by atoms with van der Waals surface area (Å²) in [5.74, 6) is 0. The van der Waals surface area contributed by atoms with Gasteiger partial charge in [0.15, 0.2) is 0 Å². The van der Waals surface area contributed by atoms with Crippen LogP contribution in [0.1, 0.15) is 12.8 Å². The molecule has 42 valence electrons. The predicted molar refractivity (Wildman–Crippen MR) is 25.8 cm³/mol. The Hall–Kier alpha value is -0.110. The van der Waals surface area contributed by atoms with Crippen molar-refractivity contribution in [3.63, 3.8) is 0 Å². The Morgan fingerprint density at radius 2 is 2.43 bits per heavy atom. The normalized spacial score (nSPS) is 33.0. The molecule has 1 saturated heterocycles. The van der Waals surface area contributed by atoms with Gasteiger partial charge in [-0.15, -0.1) is 0 Å². The molecule has 0 aliphatic carbocycles. The van der Waals surface area contributed by atoms with Gasteiger partial charge in [-0.25, -0.2) is 4.39 Å². The summed E-state index contributed by atoms with van der Waals surface area (Å²) in [5.41, 5.74) is 0. The highest BCUT2D eigenvalue weighted by Crippen LogP contribution is 1.99. The maximum atomic E-state index is 12.2. The van der Waals surface area contributed by atoms with Gasteiger partial charge in [-0.1, -0.05) is 0 Å². The van der Waals surface area contributed by atoms with Crippen LogP contribution in [0, 0.1) is 0 Å². The Labute approximate surface area is 42.9 Å². The van der Waals surface area contributed by atoms with E-state index in [0.29, 0.717) is 6.54 Å². The number of quaternary nitrogens is 1. The van der Waals surface area contributed by atoms with Crippen LogP contribution in [0.25, 0.3) is 0 Å². The number of hydrogen-bond acceptors (Lipinski definition) is 0. The first-order valence-electron chi connectivity index (χ1n) is 2.85. The first-order valence-corrected chi connectivity index (χ1v) is 2.85. The monoisotopic (exact) mass is 104 g/mol. The third-order valence-electron chi connectivity index (χ3n) is 1.35. The lowest BCUT2D eigenvalue weighted by Crippen LogP contribution is -2.87. The summed E-state index contributed by atoms with van der Waals surface area (Å²) >= 11 is 0. The van der Waals surface area contributed by atoms with Crippen molar-refractivity contribution in [1.29, 1.82) is 0 Å². The molecule has 0 aromatic heterocycles. The second-order valence-corrected chi connectivity index (χ2v) is 2.05. The first kappa shape index (κ1) is 5.04. The molecule has 1 fully saturated rings. The molecule has 0 amide bonds. The second kappa shape index (κ2) is 2.26. The van der Waals surface area contributed by atoms with Gasteiger partial charge in [-0.3, -0.25) is 0 Å². The van der Waals surface area contributed by atoms with E-state index in [9.17, 15) is 4.39 Å². The van der Waals surface area contributed by atoms with E-state index in [1.165, 1.54) is 0 Å². The summed E-state index contributed by atoms with van der Waals surface area (Å²) in [4.78, 5) is 0. The third kappa shape index (κ3) is 1.43. The molecular weight excluding hydrogens is 93.1 g/mol. The Morgan fingerprint density at radius 3 is 2.71 bits per heavy atom. The van der Waals surface area contributed by atoms with Gasteiger partial charge < -0.3 is 5.32 Å². The predicted octanol–water partition coefficient (Wildman–Crippen LogP) is -0.318. The maximum Gasteiger partial charge on any atom is 0.149 e. The molecule has 1 rings (SSSR count). The smallest absolute Gasteiger partial charge is 0.149 e. The molecule has 0 aromatic rings. The van der Waals surface area contributed by atoms with Crippen LogP contribution in [0.2, 0.25) is 0 Å². The number of rotatable bonds is 0. The molecule has 1 atom stereocenters. The molecule has 0 bridgehead atoms. The van der Waals surface area contributed by atoms with Gasteiger partial charge in [0.05, 0.1) is 6.54 Å². The molecule has 1 nitrogen and oxygen atoms in total. The van der Waals surface area contributed by atoms with Gasteiger partial charge in [0.2, 0.25) is 0 Å². The maximum absolute atomic E-state index is 12.2. The van der Waals surface area contributed by atoms with Crippen molar-refractivity contribution in [3.8, 4) is 0 Å². The zero-order chi connectivity index (χ0) is 5.11. The van der Waals surface area contributed by atoms with Gasteiger partial charge in [0.1, 0.15) is 12.7 Å². The summed E-state index contributed by atoms with van der Waals surface area (Å²) in [7, 11) is 0. The van der Waals surface area contributed by atoms with Gasteiger partial charge in [0.25, 0.3) is 0 Å². The zero-order valence-electron chi connectivity index (χ0n) is 4.36. The van der Waals surface area contributed by atoms with E-state index >= 15 is 0 Å². The van der Waals surface area contributed by atoms with E-state index in [2.05, 4.69) is 0 Å². The fraction of sp³-hybridized carbons (Fsp3) is 1.00. The van der Waals surface area contributed by atoms with Gasteiger partial charge in [0, 0.05) is 0 Å². The molecular formula is C5H11FN+. The van der Waals surface area contributed by atoms with Gasteiger partial charge in [-0.05, 0) is 12.8 Å². The molecule has 2 heteroatoms. The molecule has 1 aliphatic heterocycles. The van der Waals surface area contributed by atoms with Crippen LogP contribution >= 0.6 is 0 Å². The number of alkyl halides is 1. The summed E-state index contributed by atoms with van der Waals surface area (Å²) in [6.07, 6.45) is 1.33. The van der Waals surface area contributed by atoms with Crippen molar-refractivity contribution in [2.75, 3.05) is 13.1 Å². The molecule has 0 radical (unpaired) electrons. The lowest BCUT2D eigenvalue weighted by molar-refractivity contribution is -0.667. The Bertz CT molecular complexity index is 50.0. The molecule has 2 N–H and O–H groups in total. The highest BCUT2D eigenvalue weighted by molar-refractivity contribution is 4.54. The van der Waals surface area contributed by atoms with E-state index in [-0.39, 0.29) is 0 Å². The van der Waals surface area contributed by atoms with Gasteiger partial charge >= 0.3 is 0 Å². The SMILES string of the molecule is FC1CCC[NH2+]C1. The molecule has 0 spiro atoms. The van der Waals surface area contributed by atoms with Gasteiger partial charge in [-0.2, -0.15) is 0 Å². The Balaban J connectivity index is 2.12. The van der Waals surface area contributed by atoms with Crippen LogP contribution < -0.4 is 5.32 Å². The van der Waals surface area contributed by atoms with Crippen LogP contribution in [0.3, 0.4) is 0 Å². The Morgan fingerprint density at radius 1 is 1.57 bits per heavy atom. The summed E-state index contributed by atoms with van der Waals surface area (Å²) < 4.78 is 12.2. The minimum absolute atomic E-state index is 0.520. The summed E-state index contributed by atoms with van der Waals surface area (Å²) in [5, 5.41) is 2.04. The summed E-state index contributed by atoms with van der Waals surface area (Å²) in [6.45, 7) is 1.82. The van der Waals surface area contributed by atoms with Crippen LogP contribution in [-0.2, 0) is 0 Å². The first-order chi connectivity index (χ1) is 3.39. The number of hydrogen-bond donors (Lipinski definition) is 1. The topological polar surface area (TPSA) is 16.6 Å². The van der Waals surface area contributed by atoms with Crippen LogP contribution in [0.5, 0.6) is 0 Å². The largest absolute Gasteiger partial charge is 0.344 e. The molecule has 1 heterocycles. The van der Waals surface area contributed by atoms with Crippen molar-refractivity contribution in [2.45, 2.75) is 19.0 Å². The molecule has 0 saturated carbocycles. The average Bonchev–Trinajstić information content (AvgIpc) is 1.69. The van der Waals surface area contributed by atoms with E-state index < -0.39 is 6.17 Å². The molecule has 1 unspecified atom stereocenters. The standard InChI is InChI=1S/C5H10FN/c6-5-2-1-3-7-4-5/h5,7H,1-4H2/p+1. The summed E-state index contributed by atoms with van der Waals surface area (Å²) in [6, 6.07) is 0. The average molecular weight is 104 g/mol. The Kier molecular flexibility index (Phi) is 1.63. The van der Waals surface area contributed by atoms with Crippen molar-refractivity contribution < 1.29 is 9.71 Å². The molecule has 7 heavy (non-hydrogen) atoms. The van der Waals surface area contributed by atoms with Crippen LogP contribution in [0.4, 0.5) is 4.39 Å². The van der Waals surface area contributed by atoms with E-state index in [0.717, 1.165) is 19.4 Å². The number of nitrogens with two attached hydrogens (primary N) is 1. The second-order valence-electron chi connectivity index (χ2n) is 2.05. The molecule has 1 aliphatic rings. The quantitative estimate of drug-likeness (QED) is 0.434. The van der Waals surface area contributed by atoms with Crippen molar-refractivity contribution in [1.82, 2.24) is 0 Å². The minimum atomic E-state index is -0.520. The van der Waals surface area contributed by atoms with Crippen molar-refractivity contribution in [2.24, 2.45) is 0 Å². The van der Waals surface area contributed by atoms with E-state index in [1.807, 2.05) is 5.32 Å². The fourth-order valence-corrected chi connectivity index (χ4v) is 0.900. The van der Waals surface area contributed by atoms with Crippen LogP contribution in [0.15, 0.2) is 0 Å². The molecule has 0 aromatic carbocycles. The van der Waals surface area contributed by atoms with E-state index in [4.69, 9.17) is 0 Å². The highest BCUT2D eigenvalue weighted by Gasteiger charge is 2.12. The van der Waals surface area contributed by atoms with E-state index in [1.54, 1.807) is 0 Å². The fourth-order valence-electron chi connectivity index (χ4n) is 0.900.